The summed E-state index contributed by atoms with van der Waals surface area (Å²) in [6, 6.07) is 6.92. The van der Waals surface area contributed by atoms with E-state index in [0.717, 1.165) is 43.2 Å². The molecule has 1 saturated carbocycles. The summed E-state index contributed by atoms with van der Waals surface area (Å²) in [6.45, 7) is 14.6. The van der Waals surface area contributed by atoms with E-state index in [9.17, 15) is 31.1 Å². The van der Waals surface area contributed by atoms with E-state index < -0.39 is 41.6 Å². The van der Waals surface area contributed by atoms with Crippen LogP contribution in [-0.4, -0.2) is 46.9 Å². The van der Waals surface area contributed by atoms with Gasteiger partial charge >= 0.3 is 18.4 Å². The Labute approximate surface area is 266 Å². The number of hydrogen-bond acceptors (Lipinski definition) is 2. The molecule has 2 heterocycles. The Hall–Kier alpha value is -3.95. The van der Waals surface area contributed by atoms with Crippen LogP contribution in [-0.2, 0) is 12.4 Å². The van der Waals surface area contributed by atoms with E-state index >= 15 is 0 Å². The van der Waals surface area contributed by atoms with Crippen molar-refractivity contribution in [3.8, 4) is 0 Å². The van der Waals surface area contributed by atoms with Crippen molar-refractivity contribution in [1.29, 1.82) is 0 Å². The highest BCUT2D eigenvalue weighted by atomic mass is 19.4. The SMILES string of the molecule is C=CCC1(CC=C)C[C@H]2[C@H](c3ccccc3C)N(C(=O)N(C)[C@H](C=C)c3cc(C(F)(F)F)cc(C(F)(F)F)c3)CCN2C1=C1CC1. The number of piperazine rings is 1. The average Bonchev–Trinajstić information content (AvgIpc) is 3.77. The van der Waals surface area contributed by atoms with Gasteiger partial charge in [-0.2, -0.15) is 26.3 Å². The van der Waals surface area contributed by atoms with Gasteiger partial charge in [0.1, 0.15) is 0 Å². The number of allylic oxidation sites excluding steroid dienone is 4. The lowest BCUT2D eigenvalue weighted by atomic mass is 9.75. The van der Waals surface area contributed by atoms with Gasteiger partial charge in [-0.1, -0.05) is 42.5 Å². The molecular formula is C36H39F6N3O. The second-order valence-corrected chi connectivity index (χ2v) is 12.6. The Balaban J connectivity index is 1.57. The van der Waals surface area contributed by atoms with Crippen molar-refractivity contribution in [2.75, 3.05) is 20.1 Å². The molecule has 246 valence electrons. The molecule has 5 rings (SSSR count). The number of carbonyl (C=O) groups excluding carboxylic acids is 1. The molecule has 2 saturated heterocycles. The summed E-state index contributed by atoms with van der Waals surface area (Å²) in [4.78, 5) is 19.8. The van der Waals surface area contributed by atoms with Gasteiger partial charge in [0.25, 0.3) is 0 Å². The molecule has 2 aliphatic heterocycles. The minimum Gasteiger partial charge on any atom is -0.367 e. The first kappa shape index (κ1) is 33.4. The lowest BCUT2D eigenvalue weighted by molar-refractivity contribution is -0.143. The number of likely N-dealkylation sites (N-methyl/N-ethyl adjacent to an activating group) is 1. The van der Waals surface area contributed by atoms with Crippen LogP contribution in [0.4, 0.5) is 31.1 Å². The molecule has 2 aromatic rings. The number of urea groups is 1. The molecule has 4 nitrogen and oxygen atoms in total. The number of hydrogen-bond donors (Lipinski definition) is 0. The van der Waals surface area contributed by atoms with Crippen molar-refractivity contribution >= 4 is 6.03 Å². The van der Waals surface area contributed by atoms with E-state index in [1.165, 1.54) is 29.3 Å². The fourth-order valence-electron chi connectivity index (χ4n) is 7.57. The van der Waals surface area contributed by atoms with Crippen LogP contribution in [0.1, 0.15) is 72.0 Å². The number of aryl methyl sites for hydroxylation is 1. The maximum absolute atomic E-state index is 14.5. The second kappa shape index (κ2) is 12.3. The van der Waals surface area contributed by atoms with Crippen molar-refractivity contribution < 1.29 is 31.1 Å². The van der Waals surface area contributed by atoms with Gasteiger partial charge < -0.3 is 14.7 Å². The molecular weight excluding hydrogens is 604 g/mol. The first-order chi connectivity index (χ1) is 21.7. The minimum absolute atomic E-state index is 0.0870. The third-order valence-electron chi connectivity index (χ3n) is 9.62. The Morgan fingerprint density at radius 2 is 1.57 bits per heavy atom. The highest BCUT2D eigenvalue weighted by Crippen LogP contribution is 2.58. The van der Waals surface area contributed by atoms with Crippen molar-refractivity contribution in [2.45, 2.75) is 69.5 Å². The summed E-state index contributed by atoms with van der Waals surface area (Å²) in [7, 11) is 1.40. The summed E-state index contributed by atoms with van der Waals surface area (Å²) >= 11 is 0. The third kappa shape index (κ3) is 6.10. The van der Waals surface area contributed by atoms with E-state index in [0.29, 0.717) is 25.2 Å². The zero-order valence-electron chi connectivity index (χ0n) is 26.1. The molecule has 3 aliphatic rings. The molecule has 1 aliphatic carbocycles. The van der Waals surface area contributed by atoms with E-state index in [4.69, 9.17) is 0 Å². The summed E-state index contributed by atoms with van der Waals surface area (Å²) < 4.78 is 82.3. The first-order valence-electron chi connectivity index (χ1n) is 15.4. The Morgan fingerprint density at radius 1 is 0.978 bits per heavy atom. The van der Waals surface area contributed by atoms with Gasteiger partial charge in [-0.25, -0.2) is 4.79 Å². The van der Waals surface area contributed by atoms with Crippen LogP contribution < -0.4 is 0 Å². The van der Waals surface area contributed by atoms with Crippen molar-refractivity contribution in [3.05, 3.63) is 120 Å². The zero-order valence-corrected chi connectivity index (χ0v) is 26.1. The molecule has 2 amide bonds. The van der Waals surface area contributed by atoms with Gasteiger partial charge in [-0.15, -0.1) is 19.7 Å². The van der Waals surface area contributed by atoms with Crippen LogP contribution in [0.2, 0.25) is 0 Å². The largest absolute Gasteiger partial charge is 0.416 e. The predicted molar refractivity (Wildman–Crippen MR) is 167 cm³/mol. The zero-order chi connectivity index (χ0) is 33.6. The number of carbonyl (C=O) groups is 1. The molecule has 0 bridgehead atoms. The number of halogens is 6. The summed E-state index contributed by atoms with van der Waals surface area (Å²) in [5.41, 5.74) is 1.22. The summed E-state index contributed by atoms with van der Waals surface area (Å²) in [5, 5.41) is 0. The standard InChI is InChI=1S/C36H39F6N3O/c1-6-15-34(16-7-2)22-30-31(28-12-10-9-11-23(28)4)45(18-17-44(30)32(34)24-13-14-24)33(46)43(5)29(8-3)25-19-26(35(37,38)39)21-27(20-25)36(40,41)42/h6-12,19-21,29-31H,1-3,13-18,22H2,4-5H3/t29-,30+,31+/m1/s1. The van der Waals surface area contributed by atoms with Crippen LogP contribution in [0.25, 0.3) is 0 Å². The van der Waals surface area contributed by atoms with Crippen molar-refractivity contribution in [3.63, 3.8) is 0 Å². The van der Waals surface area contributed by atoms with Gasteiger partial charge in [0, 0.05) is 31.2 Å². The van der Waals surface area contributed by atoms with Crippen LogP contribution in [0.15, 0.2) is 91.7 Å². The number of nitrogens with zero attached hydrogens (tertiary/aromatic N) is 3. The smallest absolute Gasteiger partial charge is 0.367 e. The Kier molecular flexibility index (Phi) is 8.96. The third-order valence-corrected chi connectivity index (χ3v) is 9.62. The van der Waals surface area contributed by atoms with Crippen molar-refractivity contribution in [2.24, 2.45) is 5.41 Å². The number of rotatable bonds is 8. The lowest BCUT2D eigenvalue weighted by Crippen LogP contribution is -2.56. The number of amides is 2. The normalized spacial score (nSPS) is 21.5. The Morgan fingerprint density at radius 3 is 2.07 bits per heavy atom. The molecule has 0 radical (unpaired) electrons. The number of alkyl halides is 6. The van der Waals surface area contributed by atoms with E-state index in [1.54, 1.807) is 4.90 Å². The molecule has 46 heavy (non-hydrogen) atoms. The average molecular weight is 644 g/mol. The van der Waals surface area contributed by atoms with Crippen LogP contribution >= 0.6 is 0 Å². The molecule has 0 aromatic heterocycles. The summed E-state index contributed by atoms with van der Waals surface area (Å²) in [6.07, 6.45) is -0.691. The number of fused-ring (bicyclic) bond motifs is 1. The molecule has 0 N–H and O–H groups in total. The van der Waals surface area contributed by atoms with Crippen molar-refractivity contribution in [1.82, 2.24) is 14.7 Å². The van der Waals surface area contributed by atoms with Gasteiger partial charge in [0.2, 0.25) is 0 Å². The van der Waals surface area contributed by atoms with Crippen LogP contribution in [0.5, 0.6) is 0 Å². The predicted octanol–water partition coefficient (Wildman–Crippen LogP) is 9.63. The molecule has 2 aromatic carbocycles. The Bertz CT molecular complexity index is 1510. The van der Waals surface area contributed by atoms with Gasteiger partial charge in [-0.3, -0.25) is 0 Å². The highest BCUT2D eigenvalue weighted by molar-refractivity contribution is 5.76. The topological polar surface area (TPSA) is 26.8 Å². The van der Waals surface area contributed by atoms with E-state index in [2.05, 4.69) is 24.6 Å². The van der Waals surface area contributed by atoms with Gasteiger partial charge in [-0.05, 0) is 79.5 Å². The molecule has 0 spiro atoms. The summed E-state index contributed by atoms with van der Waals surface area (Å²) in [5.74, 6) is 0. The maximum atomic E-state index is 14.5. The highest BCUT2D eigenvalue weighted by Gasteiger charge is 2.55. The first-order valence-corrected chi connectivity index (χ1v) is 15.4. The van der Waals surface area contributed by atoms with E-state index in [-0.39, 0.29) is 23.1 Å². The maximum Gasteiger partial charge on any atom is 0.416 e. The lowest BCUT2D eigenvalue weighted by Gasteiger charge is -2.48. The molecule has 0 unspecified atom stereocenters. The fourth-order valence-corrected chi connectivity index (χ4v) is 7.57. The van der Waals surface area contributed by atoms with Crippen LogP contribution in [0, 0.1) is 12.3 Å². The fraction of sp³-hybridized carbons (Fsp3) is 0.417. The monoisotopic (exact) mass is 643 g/mol. The van der Waals surface area contributed by atoms with Crippen LogP contribution in [0.3, 0.4) is 0 Å². The number of benzene rings is 2. The molecule has 3 atom stereocenters. The molecule has 3 fully saturated rings. The van der Waals surface area contributed by atoms with E-state index in [1.807, 2.05) is 43.3 Å². The van der Waals surface area contributed by atoms with Gasteiger partial charge in [0.05, 0.1) is 29.3 Å². The second-order valence-electron chi connectivity index (χ2n) is 12.6. The molecule has 10 heteroatoms. The minimum atomic E-state index is -5.02. The van der Waals surface area contributed by atoms with Gasteiger partial charge in [0.15, 0.2) is 0 Å². The quantitative estimate of drug-likeness (QED) is 0.212.